The van der Waals surface area contributed by atoms with E-state index >= 15 is 0 Å². The Morgan fingerprint density at radius 1 is 1.16 bits per heavy atom. The van der Waals surface area contributed by atoms with Crippen LogP contribution in [0.2, 0.25) is 0 Å². The molecule has 0 radical (unpaired) electrons. The minimum Gasteiger partial charge on any atom is -0.497 e. The van der Waals surface area contributed by atoms with Crippen molar-refractivity contribution in [1.82, 2.24) is 4.98 Å². The van der Waals surface area contributed by atoms with E-state index in [1.54, 1.807) is 20.4 Å². The SMILES string of the molecule is COc1cc2c(c(OC)c1)C(c1cccc3cnccc13)CC(=O)N2. The first kappa shape index (κ1) is 15.4. The van der Waals surface area contributed by atoms with Gasteiger partial charge in [0.05, 0.1) is 19.9 Å². The van der Waals surface area contributed by atoms with E-state index in [0.29, 0.717) is 17.9 Å². The van der Waals surface area contributed by atoms with Gasteiger partial charge in [0, 0.05) is 47.8 Å². The molecule has 4 rings (SSSR count). The molecule has 0 fully saturated rings. The highest BCUT2D eigenvalue weighted by Gasteiger charge is 2.31. The van der Waals surface area contributed by atoms with E-state index in [1.165, 1.54) is 0 Å². The lowest BCUT2D eigenvalue weighted by Crippen LogP contribution is -2.24. The maximum absolute atomic E-state index is 12.3. The van der Waals surface area contributed by atoms with Gasteiger partial charge in [0.2, 0.25) is 5.91 Å². The standard InChI is InChI=1S/C20H18N2O3/c1-24-13-8-17-20(18(9-13)25-2)16(10-19(23)22-17)15-5-3-4-12-11-21-7-6-14(12)15/h3-9,11,16H,10H2,1-2H3,(H,22,23). The molecule has 1 unspecified atom stereocenters. The van der Waals surface area contributed by atoms with Crippen LogP contribution in [0.25, 0.3) is 10.8 Å². The topological polar surface area (TPSA) is 60.5 Å². The van der Waals surface area contributed by atoms with Gasteiger partial charge in [-0.25, -0.2) is 0 Å². The molecule has 25 heavy (non-hydrogen) atoms. The molecule has 1 aliphatic heterocycles. The molecule has 126 valence electrons. The Kier molecular flexibility index (Phi) is 3.76. The predicted octanol–water partition coefficient (Wildman–Crippen LogP) is 3.73. The fraction of sp³-hybridized carbons (Fsp3) is 0.200. The molecule has 1 amide bonds. The lowest BCUT2D eigenvalue weighted by molar-refractivity contribution is -0.116. The van der Waals surface area contributed by atoms with Crippen LogP contribution in [0.5, 0.6) is 11.5 Å². The van der Waals surface area contributed by atoms with E-state index in [2.05, 4.69) is 16.4 Å². The molecular formula is C20H18N2O3. The number of hydrogen-bond acceptors (Lipinski definition) is 4. The van der Waals surface area contributed by atoms with Gasteiger partial charge in [0.25, 0.3) is 0 Å². The van der Waals surface area contributed by atoms with E-state index in [4.69, 9.17) is 9.47 Å². The third-order valence-electron chi connectivity index (χ3n) is 4.67. The van der Waals surface area contributed by atoms with Gasteiger partial charge in [-0.2, -0.15) is 0 Å². The second-order valence-electron chi connectivity index (χ2n) is 6.04. The number of benzene rings is 2. The second-order valence-corrected chi connectivity index (χ2v) is 6.04. The fourth-order valence-corrected chi connectivity index (χ4v) is 3.56. The largest absolute Gasteiger partial charge is 0.497 e. The maximum Gasteiger partial charge on any atom is 0.225 e. The Morgan fingerprint density at radius 2 is 2.04 bits per heavy atom. The van der Waals surface area contributed by atoms with E-state index in [-0.39, 0.29) is 11.8 Å². The summed E-state index contributed by atoms with van der Waals surface area (Å²) in [5.74, 6) is 1.26. The molecule has 0 saturated carbocycles. The molecule has 1 aliphatic rings. The van der Waals surface area contributed by atoms with Crippen molar-refractivity contribution < 1.29 is 14.3 Å². The van der Waals surface area contributed by atoms with Crippen molar-refractivity contribution in [2.24, 2.45) is 0 Å². The summed E-state index contributed by atoms with van der Waals surface area (Å²) in [6.07, 6.45) is 3.99. The molecule has 3 aromatic rings. The van der Waals surface area contributed by atoms with Crippen LogP contribution >= 0.6 is 0 Å². The van der Waals surface area contributed by atoms with Crippen LogP contribution in [0.4, 0.5) is 5.69 Å². The van der Waals surface area contributed by atoms with Crippen molar-refractivity contribution in [1.29, 1.82) is 0 Å². The molecule has 5 nitrogen and oxygen atoms in total. The van der Waals surface area contributed by atoms with Crippen LogP contribution < -0.4 is 14.8 Å². The Hall–Kier alpha value is -3.08. The number of pyridine rings is 1. The number of carbonyl (C=O) groups is 1. The quantitative estimate of drug-likeness (QED) is 0.793. The van der Waals surface area contributed by atoms with Crippen molar-refractivity contribution >= 4 is 22.4 Å². The number of methoxy groups -OCH3 is 2. The molecule has 0 bridgehead atoms. The molecule has 1 atom stereocenters. The van der Waals surface area contributed by atoms with Gasteiger partial charge < -0.3 is 14.8 Å². The average Bonchev–Trinajstić information content (AvgIpc) is 2.65. The fourth-order valence-electron chi connectivity index (χ4n) is 3.56. The zero-order valence-corrected chi connectivity index (χ0v) is 14.1. The predicted molar refractivity (Wildman–Crippen MR) is 96.4 cm³/mol. The number of carbonyl (C=O) groups excluding carboxylic acids is 1. The molecule has 0 spiro atoms. The van der Waals surface area contributed by atoms with Crippen LogP contribution in [0, 0.1) is 0 Å². The number of nitrogens with zero attached hydrogens (tertiary/aromatic N) is 1. The number of ether oxygens (including phenoxy) is 2. The molecule has 2 heterocycles. The minimum atomic E-state index is -0.0873. The highest BCUT2D eigenvalue weighted by Crippen LogP contribution is 2.46. The zero-order valence-electron chi connectivity index (χ0n) is 14.1. The Balaban J connectivity index is 1.97. The van der Waals surface area contributed by atoms with Crippen molar-refractivity contribution in [2.75, 3.05) is 19.5 Å². The zero-order chi connectivity index (χ0) is 17.4. The maximum atomic E-state index is 12.3. The normalized spacial score (nSPS) is 16.2. The summed E-state index contributed by atoms with van der Waals surface area (Å²) in [5.41, 5.74) is 2.81. The lowest BCUT2D eigenvalue weighted by Gasteiger charge is -2.29. The van der Waals surface area contributed by atoms with Crippen molar-refractivity contribution in [2.45, 2.75) is 12.3 Å². The average molecular weight is 334 g/mol. The Bertz CT molecular complexity index is 963. The molecule has 0 aliphatic carbocycles. The third kappa shape index (κ3) is 2.58. The summed E-state index contributed by atoms with van der Waals surface area (Å²) in [4.78, 5) is 16.5. The number of amides is 1. The van der Waals surface area contributed by atoms with Gasteiger partial charge in [-0.1, -0.05) is 18.2 Å². The molecule has 0 saturated heterocycles. The van der Waals surface area contributed by atoms with Crippen LogP contribution in [0.1, 0.15) is 23.5 Å². The summed E-state index contributed by atoms with van der Waals surface area (Å²) in [6, 6.07) is 11.8. The highest BCUT2D eigenvalue weighted by molar-refractivity contribution is 5.98. The number of aromatic nitrogens is 1. The number of fused-ring (bicyclic) bond motifs is 2. The first-order chi connectivity index (χ1) is 12.2. The molecular weight excluding hydrogens is 316 g/mol. The molecule has 5 heteroatoms. The number of rotatable bonds is 3. The van der Waals surface area contributed by atoms with Gasteiger partial charge >= 0.3 is 0 Å². The summed E-state index contributed by atoms with van der Waals surface area (Å²) < 4.78 is 10.9. The first-order valence-electron chi connectivity index (χ1n) is 8.09. The van der Waals surface area contributed by atoms with Gasteiger partial charge in [-0.05, 0) is 17.0 Å². The number of anilines is 1. The van der Waals surface area contributed by atoms with Gasteiger partial charge in [0.1, 0.15) is 11.5 Å². The molecule has 1 N–H and O–H groups in total. The van der Waals surface area contributed by atoms with E-state index in [0.717, 1.165) is 27.6 Å². The van der Waals surface area contributed by atoms with Crippen molar-refractivity contribution in [3.05, 3.63) is 59.9 Å². The summed E-state index contributed by atoms with van der Waals surface area (Å²) >= 11 is 0. The van der Waals surface area contributed by atoms with Gasteiger partial charge in [-0.3, -0.25) is 9.78 Å². The number of nitrogens with one attached hydrogen (secondary N) is 1. The van der Waals surface area contributed by atoms with Gasteiger partial charge in [-0.15, -0.1) is 0 Å². The second kappa shape index (κ2) is 6.09. The summed E-state index contributed by atoms with van der Waals surface area (Å²) in [6.45, 7) is 0. The smallest absolute Gasteiger partial charge is 0.225 e. The van der Waals surface area contributed by atoms with E-state index < -0.39 is 0 Å². The summed E-state index contributed by atoms with van der Waals surface area (Å²) in [7, 11) is 3.23. The Labute approximate surface area is 145 Å². The van der Waals surface area contributed by atoms with E-state index in [9.17, 15) is 4.79 Å². The van der Waals surface area contributed by atoms with Crippen molar-refractivity contribution in [3.8, 4) is 11.5 Å². The molecule has 1 aromatic heterocycles. The monoisotopic (exact) mass is 334 g/mol. The molecule has 2 aromatic carbocycles. The van der Waals surface area contributed by atoms with Crippen LogP contribution in [-0.2, 0) is 4.79 Å². The number of hydrogen-bond donors (Lipinski definition) is 1. The Morgan fingerprint density at radius 3 is 2.84 bits per heavy atom. The lowest BCUT2D eigenvalue weighted by atomic mass is 9.82. The van der Waals surface area contributed by atoms with Crippen LogP contribution in [0.3, 0.4) is 0 Å². The third-order valence-corrected chi connectivity index (χ3v) is 4.67. The van der Waals surface area contributed by atoms with Crippen LogP contribution in [0.15, 0.2) is 48.8 Å². The van der Waals surface area contributed by atoms with Crippen LogP contribution in [-0.4, -0.2) is 25.1 Å². The first-order valence-corrected chi connectivity index (χ1v) is 8.09. The summed E-state index contributed by atoms with van der Waals surface area (Å²) in [5, 5.41) is 5.10. The highest BCUT2D eigenvalue weighted by atomic mass is 16.5. The van der Waals surface area contributed by atoms with Crippen molar-refractivity contribution in [3.63, 3.8) is 0 Å². The van der Waals surface area contributed by atoms with Gasteiger partial charge in [0.15, 0.2) is 0 Å². The van der Waals surface area contributed by atoms with E-state index in [1.807, 2.05) is 36.5 Å². The minimum absolute atomic E-state index is 0.0149.